The van der Waals surface area contributed by atoms with Gasteiger partial charge in [0.15, 0.2) is 0 Å². The van der Waals surface area contributed by atoms with Crippen LogP contribution in [0, 0.1) is 11.3 Å². The number of phenols is 1. The minimum atomic E-state index is -0.221. The van der Waals surface area contributed by atoms with Crippen molar-refractivity contribution in [2.45, 2.75) is 0 Å². The first-order valence-corrected chi connectivity index (χ1v) is 6.19. The first-order chi connectivity index (χ1) is 9.56. The van der Waals surface area contributed by atoms with Gasteiger partial charge in [-0.25, -0.2) is 0 Å². The average Bonchev–Trinajstić information content (AvgIpc) is 2.46. The molecule has 0 unspecified atom stereocenters. The van der Waals surface area contributed by atoms with Crippen LogP contribution in [0.4, 0.5) is 0 Å². The highest BCUT2D eigenvalue weighted by atomic mass is 35.5. The molecule has 0 bridgehead atoms. The van der Waals surface area contributed by atoms with Crippen LogP contribution < -0.4 is 5.32 Å². The Balaban J connectivity index is 2.57. The summed E-state index contributed by atoms with van der Waals surface area (Å²) < 4.78 is 0. The predicted octanol–water partition coefficient (Wildman–Crippen LogP) is 2.94. The molecular formula is C15H11ClN2O2. The summed E-state index contributed by atoms with van der Waals surface area (Å²) in [6.45, 7) is 0. The van der Waals surface area contributed by atoms with Gasteiger partial charge in [0.05, 0.1) is 10.6 Å². The van der Waals surface area contributed by atoms with Gasteiger partial charge in [-0.2, -0.15) is 5.26 Å². The van der Waals surface area contributed by atoms with Crippen molar-refractivity contribution in [3.8, 4) is 22.9 Å². The number of rotatable bonds is 2. The van der Waals surface area contributed by atoms with Crippen LogP contribution in [0.5, 0.6) is 5.75 Å². The summed E-state index contributed by atoms with van der Waals surface area (Å²) in [4.78, 5) is 11.6. The van der Waals surface area contributed by atoms with Crippen molar-refractivity contribution in [1.29, 1.82) is 5.26 Å². The summed E-state index contributed by atoms with van der Waals surface area (Å²) in [7, 11) is 1.54. The Kier molecular flexibility index (Phi) is 3.92. The van der Waals surface area contributed by atoms with Gasteiger partial charge in [-0.3, -0.25) is 4.79 Å². The van der Waals surface area contributed by atoms with Gasteiger partial charge < -0.3 is 10.4 Å². The Labute approximate surface area is 121 Å². The minimum absolute atomic E-state index is 0.0388. The molecule has 2 N–H and O–H groups in total. The van der Waals surface area contributed by atoms with Crippen LogP contribution in [0.3, 0.4) is 0 Å². The molecule has 20 heavy (non-hydrogen) atoms. The lowest BCUT2D eigenvalue weighted by molar-refractivity contribution is 0.0963. The van der Waals surface area contributed by atoms with Crippen LogP contribution in [-0.4, -0.2) is 18.1 Å². The largest absolute Gasteiger partial charge is 0.507 e. The molecule has 0 aliphatic carbocycles. The lowest BCUT2D eigenvalue weighted by Crippen LogP contribution is -2.17. The molecular weight excluding hydrogens is 276 g/mol. The van der Waals surface area contributed by atoms with Crippen molar-refractivity contribution in [1.82, 2.24) is 5.32 Å². The molecule has 5 heteroatoms. The van der Waals surface area contributed by atoms with Gasteiger partial charge in [0.2, 0.25) is 0 Å². The summed E-state index contributed by atoms with van der Waals surface area (Å²) in [5, 5.41) is 21.7. The van der Waals surface area contributed by atoms with Crippen molar-refractivity contribution >= 4 is 17.5 Å². The van der Waals surface area contributed by atoms with Crippen molar-refractivity contribution in [3.05, 3.63) is 52.5 Å². The number of phenolic OH excluding ortho intramolecular Hbond substituents is 1. The van der Waals surface area contributed by atoms with E-state index in [1.807, 2.05) is 6.07 Å². The van der Waals surface area contributed by atoms with E-state index in [-0.39, 0.29) is 22.2 Å². The number of nitriles is 1. The Bertz CT molecular complexity index is 720. The summed E-state index contributed by atoms with van der Waals surface area (Å²) in [6, 6.07) is 11.5. The van der Waals surface area contributed by atoms with E-state index in [1.165, 1.54) is 12.1 Å². The lowest BCUT2D eigenvalue weighted by Gasteiger charge is -2.08. The number of carbonyl (C=O) groups is 1. The second kappa shape index (κ2) is 5.64. The van der Waals surface area contributed by atoms with E-state index in [2.05, 4.69) is 5.32 Å². The van der Waals surface area contributed by atoms with E-state index in [4.69, 9.17) is 16.9 Å². The molecule has 0 spiro atoms. The zero-order valence-electron chi connectivity index (χ0n) is 10.6. The topological polar surface area (TPSA) is 73.1 Å². The van der Waals surface area contributed by atoms with Gasteiger partial charge in [-0.1, -0.05) is 23.7 Å². The maximum Gasteiger partial charge on any atom is 0.251 e. The third-order valence-electron chi connectivity index (χ3n) is 2.87. The first kappa shape index (κ1) is 13.9. The van der Waals surface area contributed by atoms with E-state index in [9.17, 15) is 9.90 Å². The molecule has 0 fully saturated rings. The zero-order valence-corrected chi connectivity index (χ0v) is 11.4. The lowest BCUT2D eigenvalue weighted by atomic mass is 10.00. The number of hydrogen-bond donors (Lipinski definition) is 2. The fourth-order valence-corrected chi connectivity index (χ4v) is 2.05. The maximum absolute atomic E-state index is 11.6. The highest BCUT2D eigenvalue weighted by molar-refractivity contribution is 6.32. The smallest absolute Gasteiger partial charge is 0.251 e. The molecule has 100 valence electrons. The third-order valence-corrected chi connectivity index (χ3v) is 3.18. The Morgan fingerprint density at radius 1 is 1.35 bits per heavy atom. The molecule has 4 nitrogen and oxygen atoms in total. The third kappa shape index (κ3) is 2.58. The van der Waals surface area contributed by atoms with Crippen molar-refractivity contribution in [2.75, 3.05) is 7.05 Å². The fraction of sp³-hybridized carbons (Fsp3) is 0.0667. The summed E-state index contributed by atoms with van der Waals surface area (Å²) in [5.41, 5.74) is 1.83. The van der Waals surface area contributed by atoms with Crippen molar-refractivity contribution in [2.24, 2.45) is 0 Å². The molecule has 0 heterocycles. The van der Waals surface area contributed by atoms with Gasteiger partial charge in [0.25, 0.3) is 5.91 Å². The number of hydrogen-bond acceptors (Lipinski definition) is 3. The van der Waals surface area contributed by atoms with Crippen LogP contribution in [-0.2, 0) is 0 Å². The number of benzene rings is 2. The fourth-order valence-electron chi connectivity index (χ4n) is 1.85. The van der Waals surface area contributed by atoms with Gasteiger partial charge >= 0.3 is 0 Å². The number of halogens is 1. The van der Waals surface area contributed by atoms with E-state index in [0.29, 0.717) is 16.7 Å². The van der Waals surface area contributed by atoms with Crippen molar-refractivity contribution in [3.63, 3.8) is 0 Å². The summed E-state index contributed by atoms with van der Waals surface area (Å²) >= 11 is 5.85. The van der Waals surface area contributed by atoms with Gasteiger partial charge in [0, 0.05) is 24.2 Å². The molecule has 2 aromatic rings. The zero-order chi connectivity index (χ0) is 14.7. The number of amides is 1. The molecule has 2 aromatic carbocycles. The average molecular weight is 287 g/mol. The molecule has 0 radical (unpaired) electrons. The Morgan fingerprint density at radius 3 is 2.75 bits per heavy atom. The van der Waals surface area contributed by atoms with E-state index in [1.54, 1.807) is 31.3 Å². The Morgan fingerprint density at radius 2 is 2.10 bits per heavy atom. The number of nitrogens with zero attached hydrogens (tertiary/aromatic N) is 1. The summed E-state index contributed by atoms with van der Waals surface area (Å²) in [6.07, 6.45) is 0. The van der Waals surface area contributed by atoms with E-state index >= 15 is 0 Å². The van der Waals surface area contributed by atoms with Gasteiger partial charge in [-0.05, 0) is 23.8 Å². The maximum atomic E-state index is 11.6. The number of carbonyl (C=O) groups excluding carboxylic acids is 1. The minimum Gasteiger partial charge on any atom is -0.507 e. The Hall–Kier alpha value is -2.51. The van der Waals surface area contributed by atoms with Crippen LogP contribution in [0.15, 0.2) is 36.4 Å². The molecule has 0 aliphatic heterocycles. The predicted molar refractivity (Wildman–Crippen MR) is 76.7 cm³/mol. The first-order valence-electron chi connectivity index (χ1n) is 5.82. The molecule has 0 saturated carbocycles. The molecule has 0 atom stereocenters. The molecule has 1 amide bonds. The van der Waals surface area contributed by atoms with Gasteiger partial charge in [-0.15, -0.1) is 0 Å². The standard InChI is InChI=1S/C15H11ClN2O2/c1-18-15(20)10-4-2-3-9(5-10)12-6-11(8-17)13(16)7-14(12)19/h2-7,19H,1H3,(H,18,20). The van der Waals surface area contributed by atoms with Crippen LogP contribution in [0.2, 0.25) is 5.02 Å². The van der Waals surface area contributed by atoms with Crippen LogP contribution in [0.1, 0.15) is 15.9 Å². The van der Waals surface area contributed by atoms with E-state index in [0.717, 1.165) is 0 Å². The normalized spacial score (nSPS) is 9.85. The molecule has 2 rings (SSSR count). The number of nitrogens with one attached hydrogen (secondary N) is 1. The second-order valence-electron chi connectivity index (χ2n) is 4.12. The highest BCUT2D eigenvalue weighted by Gasteiger charge is 2.11. The van der Waals surface area contributed by atoms with Crippen LogP contribution >= 0.6 is 11.6 Å². The molecule has 0 aliphatic rings. The SMILES string of the molecule is CNC(=O)c1cccc(-c2cc(C#N)c(Cl)cc2O)c1. The van der Waals surface area contributed by atoms with Gasteiger partial charge in [0.1, 0.15) is 11.8 Å². The number of aromatic hydroxyl groups is 1. The quantitative estimate of drug-likeness (QED) is 0.891. The molecule has 0 saturated heterocycles. The monoisotopic (exact) mass is 286 g/mol. The second-order valence-corrected chi connectivity index (χ2v) is 4.53. The highest BCUT2D eigenvalue weighted by Crippen LogP contribution is 2.34. The van der Waals surface area contributed by atoms with Crippen molar-refractivity contribution < 1.29 is 9.90 Å². The molecule has 0 aromatic heterocycles. The summed E-state index contributed by atoms with van der Waals surface area (Å²) in [5.74, 6) is -0.260. The van der Waals surface area contributed by atoms with E-state index < -0.39 is 0 Å². The van der Waals surface area contributed by atoms with Crippen LogP contribution in [0.25, 0.3) is 11.1 Å².